The van der Waals surface area contributed by atoms with E-state index in [4.69, 9.17) is 18.8 Å². The van der Waals surface area contributed by atoms with Crippen molar-refractivity contribution in [2.24, 2.45) is 23.7 Å². The summed E-state index contributed by atoms with van der Waals surface area (Å²) in [4.78, 5) is 25.2. The number of ether oxygens (including phenoxy) is 3. The van der Waals surface area contributed by atoms with Crippen LogP contribution in [0, 0.1) is 23.7 Å². The van der Waals surface area contributed by atoms with Crippen LogP contribution in [0.3, 0.4) is 0 Å². The number of halogens is 2. The van der Waals surface area contributed by atoms with Gasteiger partial charge in [-0.15, -0.1) is 0 Å². The molecule has 8 fully saturated rings. The van der Waals surface area contributed by atoms with Gasteiger partial charge < -0.3 is 24.4 Å². The van der Waals surface area contributed by atoms with Crippen LogP contribution in [0.5, 0.6) is 0 Å². The minimum Gasteiger partial charge on any atom is -0.457 e. The Morgan fingerprint density at radius 3 is 1.84 bits per heavy atom. The van der Waals surface area contributed by atoms with Gasteiger partial charge in [-0.3, -0.25) is 4.55 Å². The SMILES string of the molecule is CC1(OC(=O)COC23CC4(O)CC(O)(C2)CC(OC(=O)C(F)(F)S(=O)(=O)O)(C4)C3)C2CC3CC(C2)CC1C3. The fraction of sp³-hybridized carbons (Fsp3) is 0.920. The molecule has 0 heterocycles. The molecule has 0 aromatic carbocycles. The minimum absolute atomic E-state index is 0.0323. The Balaban J connectivity index is 1.18. The first-order valence-electron chi connectivity index (χ1n) is 13.3. The molecule has 2 atom stereocenters. The summed E-state index contributed by atoms with van der Waals surface area (Å²) in [5, 5.41) is 17.1. The zero-order chi connectivity index (χ0) is 27.6. The van der Waals surface area contributed by atoms with Gasteiger partial charge in [-0.1, -0.05) is 0 Å². The largest absolute Gasteiger partial charge is 0.465 e. The van der Waals surface area contributed by atoms with Crippen LogP contribution in [0.4, 0.5) is 8.78 Å². The predicted octanol–water partition coefficient (Wildman–Crippen LogP) is 2.11. The molecule has 214 valence electrons. The molecule has 13 heteroatoms. The zero-order valence-corrected chi connectivity index (χ0v) is 22.0. The van der Waals surface area contributed by atoms with E-state index in [-0.39, 0.29) is 50.4 Å². The predicted molar refractivity (Wildman–Crippen MR) is 123 cm³/mol. The van der Waals surface area contributed by atoms with Crippen LogP contribution < -0.4 is 0 Å². The van der Waals surface area contributed by atoms with E-state index in [2.05, 4.69) is 0 Å². The average Bonchev–Trinajstić information content (AvgIpc) is 2.72. The Morgan fingerprint density at radius 1 is 0.842 bits per heavy atom. The molecule has 0 radical (unpaired) electrons. The lowest BCUT2D eigenvalue weighted by atomic mass is 9.48. The van der Waals surface area contributed by atoms with Crippen molar-refractivity contribution in [3.8, 4) is 0 Å². The number of alkyl halides is 2. The smallest absolute Gasteiger partial charge is 0.457 e. The van der Waals surface area contributed by atoms with Crippen molar-refractivity contribution in [1.29, 1.82) is 0 Å². The number of carbonyl (C=O) groups is 2. The first-order chi connectivity index (χ1) is 17.4. The molecule has 8 aliphatic rings. The average molecular weight is 565 g/mol. The van der Waals surface area contributed by atoms with Gasteiger partial charge in [0.05, 0.1) is 16.8 Å². The van der Waals surface area contributed by atoms with Crippen molar-refractivity contribution in [2.45, 2.75) is 111 Å². The Kier molecular flexibility index (Phi) is 5.54. The second kappa shape index (κ2) is 7.86. The Hall–Kier alpha value is -1.41. The molecule has 0 aliphatic heterocycles. The second-order valence-corrected chi connectivity index (χ2v) is 15.0. The maximum Gasteiger partial charge on any atom is 0.465 e. The fourth-order valence-corrected chi connectivity index (χ4v) is 10.00. The van der Waals surface area contributed by atoms with Crippen LogP contribution >= 0.6 is 0 Å². The highest BCUT2D eigenvalue weighted by Crippen LogP contribution is 2.64. The van der Waals surface area contributed by atoms with Crippen LogP contribution in [0.15, 0.2) is 0 Å². The van der Waals surface area contributed by atoms with Crippen LogP contribution in [0.25, 0.3) is 0 Å². The summed E-state index contributed by atoms with van der Waals surface area (Å²) < 4.78 is 75.9. The van der Waals surface area contributed by atoms with Gasteiger partial charge in [0, 0.05) is 38.5 Å². The van der Waals surface area contributed by atoms with Gasteiger partial charge >= 0.3 is 27.3 Å². The summed E-state index contributed by atoms with van der Waals surface area (Å²) in [6, 6.07) is 0. The van der Waals surface area contributed by atoms with Crippen molar-refractivity contribution in [1.82, 2.24) is 0 Å². The molecule has 0 aromatic rings. The number of carbonyl (C=O) groups excluding carboxylic acids is 2. The molecule has 0 saturated heterocycles. The monoisotopic (exact) mass is 564 g/mol. The van der Waals surface area contributed by atoms with Gasteiger partial charge in [-0.2, -0.15) is 17.2 Å². The van der Waals surface area contributed by atoms with E-state index in [9.17, 15) is 37.0 Å². The molecule has 2 unspecified atom stereocenters. The lowest BCUT2D eigenvalue weighted by molar-refractivity contribution is -0.313. The van der Waals surface area contributed by atoms with Gasteiger partial charge in [-0.05, 0) is 62.7 Å². The van der Waals surface area contributed by atoms with Gasteiger partial charge in [-0.25, -0.2) is 9.59 Å². The first-order valence-corrected chi connectivity index (χ1v) is 14.7. The zero-order valence-electron chi connectivity index (χ0n) is 21.2. The summed E-state index contributed by atoms with van der Waals surface area (Å²) in [6.45, 7) is 1.48. The Labute approximate surface area is 219 Å². The third-order valence-electron chi connectivity index (χ3n) is 10.4. The van der Waals surface area contributed by atoms with E-state index in [1.54, 1.807) is 0 Å². The van der Waals surface area contributed by atoms with Crippen LogP contribution in [-0.4, -0.2) is 75.0 Å². The summed E-state index contributed by atoms with van der Waals surface area (Å²) in [7, 11) is -6.11. The van der Waals surface area contributed by atoms with Crippen molar-refractivity contribution in [3.63, 3.8) is 0 Å². The van der Waals surface area contributed by atoms with Gasteiger partial charge in [0.25, 0.3) is 0 Å². The van der Waals surface area contributed by atoms with Crippen molar-refractivity contribution in [3.05, 3.63) is 0 Å². The third kappa shape index (κ3) is 4.10. The molecule has 0 aromatic heterocycles. The molecule has 8 saturated carbocycles. The maximum atomic E-state index is 14.0. The fourth-order valence-electron chi connectivity index (χ4n) is 9.74. The summed E-state index contributed by atoms with van der Waals surface area (Å²) in [6.07, 6.45) is 4.30. The summed E-state index contributed by atoms with van der Waals surface area (Å²) in [5.74, 6) is -1.16. The number of aliphatic hydroxyl groups is 2. The molecule has 0 amide bonds. The molecule has 38 heavy (non-hydrogen) atoms. The molecule has 3 N–H and O–H groups in total. The minimum atomic E-state index is -6.11. The molecular formula is C25H34F2O10S. The quantitative estimate of drug-likeness (QED) is 0.309. The molecular weight excluding hydrogens is 530 g/mol. The van der Waals surface area contributed by atoms with Crippen LogP contribution in [0.1, 0.15) is 77.6 Å². The number of rotatable bonds is 7. The number of hydrogen-bond acceptors (Lipinski definition) is 9. The molecule has 10 nitrogen and oxygen atoms in total. The van der Waals surface area contributed by atoms with E-state index in [1.165, 1.54) is 6.42 Å². The van der Waals surface area contributed by atoms with Crippen molar-refractivity contribution in [2.75, 3.05) is 6.61 Å². The van der Waals surface area contributed by atoms with E-state index >= 15 is 0 Å². The highest BCUT2D eigenvalue weighted by Gasteiger charge is 2.71. The molecule has 8 bridgehead atoms. The van der Waals surface area contributed by atoms with Crippen molar-refractivity contribution >= 4 is 22.1 Å². The standard InChI is InChI=1S/C25H34F2O10S/c1-20(16-3-14-2-15(5-16)6-17(20)4-14)36-18(28)7-35-23-9-21(30)8-22(31,10-23)12-24(11-21,13-23)37-19(29)25(26,27)38(32,33)34/h14-17,30-31H,2-13H2,1H3,(H,32,33,34). The molecule has 8 rings (SSSR count). The molecule has 8 aliphatic carbocycles. The van der Waals surface area contributed by atoms with E-state index in [0.717, 1.165) is 25.7 Å². The van der Waals surface area contributed by atoms with E-state index in [0.29, 0.717) is 11.8 Å². The normalized spacial score (nSPS) is 48.8. The van der Waals surface area contributed by atoms with Crippen molar-refractivity contribution < 1.29 is 55.8 Å². The molecule has 0 spiro atoms. The van der Waals surface area contributed by atoms with E-state index < -0.39 is 61.9 Å². The maximum absolute atomic E-state index is 14.0. The topological polar surface area (TPSA) is 157 Å². The lowest BCUT2D eigenvalue weighted by Gasteiger charge is -2.66. The van der Waals surface area contributed by atoms with Gasteiger partial charge in [0.15, 0.2) is 0 Å². The first kappa shape index (κ1) is 26.8. The number of hydrogen-bond donors (Lipinski definition) is 3. The summed E-state index contributed by atoms with van der Waals surface area (Å²) >= 11 is 0. The number of esters is 2. The van der Waals surface area contributed by atoms with Gasteiger partial charge in [0.1, 0.15) is 17.8 Å². The van der Waals surface area contributed by atoms with Crippen LogP contribution in [-0.2, 0) is 33.9 Å². The lowest BCUT2D eigenvalue weighted by Crippen LogP contribution is -2.73. The highest BCUT2D eigenvalue weighted by atomic mass is 32.2. The second-order valence-electron chi connectivity index (χ2n) is 13.5. The van der Waals surface area contributed by atoms with Gasteiger partial charge in [0.2, 0.25) is 0 Å². The highest BCUT2D eigenvalue weighted by molar-refractivity contribution is 7.87. The van der Waals surface area contributed by atoms with E-state index in [1.807, 2.05) is 6.92 Å². The Morgan fingerprint density at radius 2 is 1.34 bits per heavy atom. The van der Waals surface area contributed by atoms with Crippen LogP contribution in [0.2, 0.25) is 0 Å². The third-order valence-corrected chi connectivity index (χ3v) is 11.2. The summed E-state index contributed by atoms with van der Waals surface area (Å²) in [5.41, 5.74) is -7.18. The Bertz CT molecular complexity index is 1120.